The highest BCUT2D eigenvalue weighted by Crippen LogP contribution is 2.16. The smallest absolute Gasteiger partial charge is 0.258 e. The highest BCUT2D eigenvalue weighted by atomic mass is 32.2. The van der Waals surface area contributed by atoms with Gasteiger partial charge in [0.2, 0.25) is 10.0 Å². The minimum Gasteiger partial charge on any atom is -0.484 e. The molecule has 2 N–H and O–H groups in total. The molecule has 7 heteroatoms. The topological polar surface area (TPSA) is 84.5 Å². The Kier molecular flexibility index (Phi) is 8.21. The lowest BCUT2D eigenvalue weighted by Gasteiger charge is -2.13. The van der Waals surface area contributed by atoms with Crippen LogP contribution >= 0.6 is 0 Å². The van der Waals surface area contributed by atoms with Crippen LogP contribution in [0, 0.1) is 5.92 Å². The molecule has 1 rings (SSSR count). The molecule has 6 nitrogen and oxygen atoms in total. The van der Waals surface area contributed by atoms with Crippen LogP contribution in [0.5, 0.6) is 5.75 Å². The van der Waals surface area contributed by atoms with Crippen LogP contribution in [0.25, 0.3) is 0 Å². The molecule has 0 spiro atoms. The first-order valence-electron chi connectivity index (χ1n) is 8.26. The van der Waals surface area contributed by atoms with Gasteiger partial charge in [-0.05, 0) is 43.5 Å². The van der Waals surface area contributed by atoms with Crippen LogP contribution in [0.15, 0.2) is 29.2 Å². The minimum absolute atomic E-state index is 0.0915. The molecule has 0 saturated heterocycles. The molecular weight excluding hydrogens is 328 g/mol. The Balaban J connectivity index is 2.54. The monoisotopic (exact) mass is 356 g/mol. The van der Waals surface area contributed by atoms with Crippen LogP contribution in [0.4, 0.5) is 0 Å². The first kappa shape index (κ1) is 20.4. The van der Waals surface area contributed by atoms with Gasteiger partial charge in [0.25, 0.3) is 5.91 Å². The second kappa shape index (κ2) is 9.64. The average molecular weight is 356 g/mol. The molecule has 0 aromatic heterocycles. The molecular formula is C17H28N2O4S. The molecule has 1 atom stereocenters. The molecule has 24 heavy (non-hydrogen) atoms. The van der Waals surface area contributed by atoms with E-state index < -0.39 is 10.0 Å². The summed E-state index contributed by atoms with van der Waals surface area (Å²) in [5.74, 6) is 0.498. The molecule has 0 radical (unpaired) electrons. The van der Waals surface area contributed by atoms with Crippen molar-refractivity contribution in [1.82, 2.24) is 10.0 Å². The van der Waals surface area contributed by atoms with Crippen molar-refractivity contribution < 1.29 is 17.9 Å². The molecule has 0 aliphatic heterocycles. The van der Waals surface area contributed by atoms with Gasteiger partial charge >= 0.3 is 0 Å². The van der Waals surface area contributed by atoms with Gasteiger partial charge in [-0.2, -0.15) is 0 Å². The number of hydrogen-bond donors (Lipinski definition) is 2. The first-order chi connectivity index (χ1) is 11.2. The predicted octanol–water partition coefficient (Wildman–Crippen LogP) is 2.30. The van der Waals surface area contributed by atoms with E-state index in [9.17, 15) is 13.2 Å². The summed E-state index contributed by atoms with van der Waals surface area (Å²) in [6.07, 6.45) is 1.92. The lowest BCUT2D eigenvalue weighted by molar-refractivity contribution is -0.123. The zero-order valence-electron chi connectivity index (χ0n) is 14.8. The molecule has 1 amide bonds. The number of benzene rings is 1. The molecule has 1 aromatic rings. The zero-order valence-corrected chi connectivity index (χ0v) is 15.7. The first-order valence-corrected chi connectivity index (χ1v) is 9.74. The Labute approximate surface area is 145 Å². The molecule has 0 fully saturated rings. The fourth-order valence-electron chi connectivity index (χ4n) is 2.05. The van der Waals surface area contributed by atoms with Crippen molar-refractivity contribution >= 4 is 15.9 Å². The third kappa shape index (κ3) is 7.31. The van der Waals surface area contributed by atoms with Gasteiger partial charge in [-0.25, -0.2) is 13.1 Å². The molecule has 0 aliphatic rings. The van der Waals surface area contributed by atoms with Crippen LogP contribution in [0.3, 0.4) is 0 Å². The summed E-state index contributed by atoms with van der Waals surface area (Å²) in [5.41, 5.74) is 0. The van der Waals surface area contributed by atoms with Gasteiger partial charge in [-0.15, -0.1) is 0 Å². The van der Waals surface area contributed by atoms with Crippen molar-refractivity contribution in [3.63, 3.8) is 0 Å². The van der Waals surface area contributed by atoms with E-state index in [0.29, 0.717) is 12.3 Å². The van der Waals surface area contributed by atoms with Gasteiger partial charge in [0.1, 0.15) is 5.75 Å². The van der Waals surface area contributed by atoms with E-state index >= 15 is 0 Å². The quantitative estimate of drug-likeness (QED) is 0.674. The fraction of sp³-hybridized carbons (Fsp3) is 0.588. The van der Waals surface area contributed by atoms with E-state index in [0.717, 1.165) is 12.8 Å². The molecule has 0 aliphatic carbocycles. The predicted molar refractivity (Wildman–Crippen MR) is 94.5 cm³/mol. The second-order valence-electron chi connectivity index (χ2n) is 6.26. The van der Waals surface area contributed by atoms with Crippen LogP contribution in [0.1, 0.15) is 40.5 Å². The summed E-state index contributed by atoms with van der Waals surface area (Å²) < 4.78 is 32.1. The molecule has 0 bridgehead atoms. The molecule has 136 valence electrons. The van der Waals surface area contributed by atoms with E-state index in [-0.39, 0.29) is 29.4 Å². The summed E-state index contributed by atoms with van der Waals surface area (Å²) in [6, 6.07) is 6.15. The summed E-state index contributed by atoms with van der Waals surface area (Å²) in [7, 11) is -3.51. The third-order valence-electron chi connectivity index (χ3n) is 3.31. The van der Waals surface area contributed by atoms with Crippen molar-refractivity contribution in [2.45, 2.75) is 51.5 Å². The average Bonchev–Trinajstić information content (AvgIpc) is 2.52. The van der Waals surface area contributed by atoms with E-state index in [1.54, 1.807) is 12.1 Å². The molecule has 0 saturated carbocycles. The van der Waals surface area contributed by atoms with E-state index in [2.05, 4.69) is 17.0 Å². The van der Waals surface area contributed by atoms with Gasteiger partial charge < -0.3 is 10.1 Å². The normalized spacial score (nSPS) is 12.9. The number of carbonyl (C=O) groups excluding carboxylic acids is 1. The second-order valence-corrected chi connectivity index (χ2v) is 8.03. The lowest BCUT2D eigenvalue weighted by Crippen LogP contribution is -2.35. The van der Waals surface area contributed by atoms with Crippen LogP contribution in [0.2, 0.25) is 0 Å². The maximum absolute atomic E-state index is 12.1. The Morgan fingerprint density at radius 3 is 2.33 bits per heavy atom. The molecule has 0 heterocycles. The summed E-state index contributed by atoms with van der Waals surface area (Å²) in [5, 5.41) is 2.84. The fourth-order valence-corrected chi connectivity index (χ4v) is 3.26. The number of amides is 1. The highest BCUT2D eigenvalue weighted by Gasteiger charge is 2.14. The number of hydrogen-bond acceptors (Lipinski definition) is 4. The number of nitrogens with one attached hydrogen (secondary N) is 2. The van der Waals surface area contributed by atoms with Gasteiger partial charge in [0.05, 0.1) is 4.90 Å². The van der Waals surface area contributed by atoms with Crippen LogP contribution in [-0.2, 0) is 14.8 Å². The van der Waals surface area contributed by atoms with Crippen LogP contribution in [-0.4, -0.2) is 33.5 Å². The van der Waals surface area contributed by atoms with Crippen molar-refractivity contribution in [2.75, 3.05) is 13.2 Å². The molecule has 0 unspecified atom stereocenters. The van der Waals surface area contributed by atoms with Crippen molar-refractivity contribution in [1.29, 1.82) is 0 Å². The number of rotatable bonds is 10. The lowest BCUT2D eigenvalue weighted by atomic mass is 10.2. The van der Waals surface area contributed by atoms with E-state index in [1.165, 1.54) is 12.1 Å². The largest absolute Gasteiger partial charge is 0.484 e. The van der Waals surface area contributed by atoms with E-state index in [4.69, 9.17) is 4.74 Å². The van der Waals surface area contributed by atoms with Crippen molar-refractivity contribution in [2.24, 2.45) is 5.92 Å². The Morgan fingerprint density at radius 2 is 1.79 bits per heavy atom. The third-order valence-corrected chi connectivity index (χ3v) is 4.75. The van der Waals surface area contributed by atoms with Gasteiger partial charge in [0, 0.05) is 12.6 Å². The maximum atomic E-state index is 12.1. The van der Waals surface area contributed by atoms with Crippen molar-refractivity contribution in [3.8, 4) is 5.75 Å². The van der Waals surface area contributed by atoms with Gasteiger partial charge in [-0.3, -0.25) is 4.79 Å². The number of sulfonamides is 1. The Hall–Kier alpha value is -1.60. The Bertz CT molecular complexity index is 612. The SMILES string of the molecule is CCC[C@@H](C)NC(=O)COc1ccc(S(=O)(=O)NCC(C)C)cc1. The Morgan fingerprint density at radius 1 is 1.17 bits per heavy atom. The van der Waals surface area contributed by atoms with Gasteiger partial charge in [0.15, 0.2) is 6.61 Å². The molecule has 1 aromatic carbocycles. The zero-order chi connectivity index (χ0) is 18.2. The maximum Gasteiger partial charge on any atom is 0.258 e. The van der Waals surface area contributed by atoms with Gasteiger partial charge in [-0.1, -0.05) is 27.2 Å². The minimum atomic E-state index is -3.51. The van der Waals surface area contributed by atoms with E-state index in [1.807, 2.05) is 20.8 Å². The summed E-state index contributed by atoms with van der Waals surface area (Å²) >= 11 is 0. The standard InChI is InChI=1S/C17H28N2O4S/c1-5-6-14(4)19-17(20)12-23-15-7-9-16(10-8-15)24(21,22)18-11-13(2)3/h7-10,13-14,18H,5-6,11-12H2,1-4H3,(H,19,20)/t14-/m1/s1. The summed E-state index contributed by atoms with van der Waals surface area (Å²) in [6.45, 7) is 8.18. The number of carbonyl (C=O) groups is 1. The van der Waals surface area contributed by atoms with Crippen molar-refractivity contribution in [3.05, 3.63) is 24.3 Å². The number of ether oxygens (including phenoxy) is 1. The highest BCUT2D eigenvalue weighted by molar-refractivity contribution is 7.89. The van der Waals surface area contributed by atoms with Crippen LogP contribution < -0.4 is 14.8 Å². The summed E-state index contributed by atoms with van der Waals surface area (Å²) in [4.78, 5) is 11.9.